The molecule has 0 saturated carbocycles. The molecule has 0 aliphatic carbocycles. The smallest absolute Gasteiger partial charge is 0.283 e. The summed E-state index contributed by atoms with van der Waals surface area (Å²) >= 11 is 3.36. The predicted molar refractivity (Wildman–Crippen MR) is 86.3 cm³/mol. The molecule has 2 heterocycles. The van der Waals surface area contributed by atoms with Crippen molar-refractivity contribution in [3.63, 3.8) is 0 Å². The van der Waals surface area contributed by atoms with E-state index < -0.39 is 0 Å². The zero-order valence-corrected chi connectivity index (χ0v) is 14.3. The number of hydrogen-bond donors (Lipinski definition) is 1. The Morgan fingerprint density at radius 2 is 2.14 bits per heavy atom. The van der Waals surface area contributed by atoms with Crippen LogP contribution < -0.4 is 10.9 Å². The molecule has 7 heteroatoms. The summed E-state index contributed by atoms with van der Waals surface area (Å²) in [6.45, 7) is 7.29. The van der Waals surface area contributed by atoms with Crippen molar-refractivity contribution in [2.75, 3.05) is 5.32 Å². The molecule has 21 heavy (non-hydrogen) atoms. The fourth-order valence-electron chi connectivity index (χ4n) is 2.08. The zero-order chi connectivity index (χ0) is 15.6. The minimum Gasteiger partial charge on any atom is -0.378 e. The van der Waals surface area contributed by atoms with E-state index in [1.807, 2.05) is 20.2 Å². The molecular formula is C14H20BrN5O. The van der Waals surface area contributed by atoms with Crippen LogP contribution in [0.2, 0.25) is 0 Å². The van der Waals surface area contributed by atoms with Crippen LogP contribution in [0.3, 0.4) is 0 Å². The number of anilines is 1. The number of nitrogens with zero attached hydrogens (tertiary/aromatic N) is 4. The fraction of sp³-hybridized carbons (Fsp3) is 0.500. The van der Waals surface area contributed by atoms with Crippen LogP contribution in [0.4, 0.5) is 5.69 Å². The molecule has 0 fully saturated rings. The van der Waals surface area contributed by atoms with Gasteiger partial charge < -0.3 is 5.32 Å². The number of aromatic nitrogens is 4. The first-order valence-electron chi connectivity index (χ1n) is 6.87. The van der Waals surface area contributed by atoms with E-state index in [2.05, 4.69) is 45.3 Å². The van der Waals surface area contributed by atoms with Gasteiger partial charge in [-0.25, -0.2) is 4.68 Å². The summed E-state index contributed by atoms with van der Waals surface area (Å²) in [5.74, 6) is 0.374. The predicted octanol–water partition coefficient (Wildman–Crippen LogP) is 2.32. The highest BCUT2D eigenvalue weighted by molar-refractivity contribution is 9.10. The van der Waals surface area contributed by atoms with Gasteiger partial charge in [0.25, 0.3) is 5.56 Å². The van der Waals surface area contributed by atoms with E-state index in [0.29, 0.717) is 29.2 Å². The lowest BCUT2D eigenvalue weighted by Gasteiger charge is -2.11. The zero-order valence-electron chi connectivity index (χ0n) is 12.7. The molecule has 0 unspecified atom stereocenters. The van der Waals surface area contributed by atoms with Crippen LogP contribution in [0.5, 0.6) is 0 Å². The van der Waals surface area contributed by atoms with Crippen LogP contribution >= 0.6 is 15.9 Å². The lowest BCUT2D eigenvalue weighted by molar-refractivity contribution is 0.462. The first-order chi connectivity index (χ1) is 9.88. The SMILES string of the molecule is Cc1nn(C)cc1CNc1cnn(CC(C)C)c(=O)c1Br. The number of rotatable bonds is 5. The Bertz CT molecular complexity index is 689. The number of halogens is 1. The Kier molecular flexibility index (Phi) is 4.82. The van der Waals surface area contributed by atoms with E-state index >= 15 is 0 Å². The average Bonchev–Trinajstić information content (AvgIpc) is 2.72. The van der Waals surface area contributed by atoms with Crippen molar-refractivity contribution in [3.8, 4) is 0 Å². The highest BCUT2D eigenvalue weighted by Gasteiger charge is 2.10. The van der Waals surface area contributed by atoms with Gasteiger partial charge in [0.1, 0.15) is 4.47 Å². The van der Waals surface area contributed by atoms with E-state index in [4.69, 9.17) is 0 Å². The van der Waals surface area contributed by atoms with E-state index in [0.717, 1.165) is 11.3 Å². The minimum atomic E-state index is -0.114. The molecule has 0 saturated heterocycles. The van der Waals surface area contributed by atoms with Gasteiger partial charge in [-0.15, -0.1) is 0 Å². The third-order valence-corrected chi connectivity index (χ3v) is 3.87. The Balaban J connectivity index is 2.16. The first-order valence-corrected chi connectivity index (χ1v) is 7.66. The Morgan fingerprint density at radius 1 is 1.43 bits per heavy atom. The van der Waals surface area contributed by atoms with Crippen LogP contribution in [-0.2, 0) is 20.1 Å². The Hall–Kier alpha value is -1.63. The maximum absolute atomic E-state index is 12.2. The molecule has 1 N–H and O–H groups in total. The summed E-state index contributed by atoms with van der Waals surface area (Å²) in [5.41, 5.74) is 2.65. The molecule has 0 aliphatic heterocycles. The fourth-order valence-corrected chi connectivity index (χ4v) is 2.52. The maximum Gasteiger partial charge on any atom is 0.283 e. The van der Waals surface area contributed by atoms with Crippen molar-refractivity contribution >= 4 is 21.6 Å². The quantitative estimate of drug-likeness (QED) is 0.895. The summed E-state index contributed by atoms with van der Waals surface area (Å²) < 4.78 is 3.77. The molecule has 0 atom stereocenters. The molecule has 0 spiro atoms. The van der Waals surface area contributed by atoms with E-state index in [9.17, 15) is 4.79 Å². The highest BCUT2D eigenvalue weighted by atomic mass is 79.9. The molecule has 2 aromatic heterocycles. The number of aryl methyl sites for hydroxylation is 2. The second kappa shape index (κ2) is 6.43. The van der Waals surface area contributed by atoms with E-state index in [-0.39, 0.29) is 5.56 Å². The third kappa shape index (κ3) is 3.72. The van der Waals surface area contributed by atoms with Gasteiger partial charge >= 0.3 is 0 Å². The first kappa shape index (κ1) is 15.8. The topological polar surface area (TPSA) is 64.7 Å². The van der Waals surface area contributed by atoms with Crippen LogP contribution in [0.15, 0.2) is 21.7 Å². The van der Waals surface area contributed by atoms with Crippen LogP contribution in [0.25, 0.3) is 0 Å². The van der Waals surface area contributed by atoms with Crippen molar-refractivity contribution in [1.29, 1.82) is 0 Å². The molecule has 0 aliphatic rings. The van der Waals surface area contributed by atoms with Gasteiger partial charge in [-0.1, -0.05) is 13.8 Å². The van der Waals surface area contributed by atoms with Gasteiger partial charge in [-0.2, -0.15) is 10.2 Å². The second-order valence-electron chi connectivity index (χ2n) is 5.52. The highest BCUT2D eigenvalue weighted by Crippen LogP contribution is 2.18. The van der Waals surface area contributed by atoms with Crippen LogP contribution in [0.1, 0.15) is 25.1 Å². The largest absolute Gasteiger partial charge is 0.378 e. The van der Waals surface area contributed by atoms with Gasteiger partial charge in [-0.05, 0) is 28.8 Å². The second-order valence-corrected chi connectivity index (χ2v) is 6.31. The van der Waals surface area contributed by atoms with Crippen molar-refractivity contribution in [1.82, 2.24) is 19.6 Å². The lowest BCUT2D eigenvalue weighted by Crippen LogP contribution is -2.26. The maximum atomic E-state index is 12.2. The normalized spacial score (nSPS) is 11.1. The van der Waals surface area contributed by atoms with Crippen molar-refractivity contribution in [3.05, 3.63) is 38.5 Å². The van der Waals surface area contributed by atoms with Gasteiger partial charge in [0, 0.05) is 31.9 Å². The van der Waals surface area contributed by atoms with E-state index in [1.54, 1.807) is 10.9 Å². The van der Waals surface area contributed by atoms with Gasteiger partial charge in [0.15, 0.2) is 0 Å². The molecule has 2 aromatic rings. The van der Waals surface area contributed by atoms with Gasteiger partial charge in [-0.3, -0.25) is 9.48 Å². The summed E-state index contributed by atoms with van der Waals surface area (Å²) in [7, 11) is 1.89. The van der Waals surface area contributed by atoms with Crippen molar-refractivity contribution in [2.24, 2.45) is 13.0 Å². The standard InChI is InChI=1S/C14H20BrN5O/c1-9(2)7-20-14(21)13(15)12(6-17-20)16-5-11-8-19(4)18-10(11)3/h6,8-9,16H,5,7H2,1-4H3. The van der Waals surface area contributed by atoms with E-state index in [1.165, 1.54) is 4.68 Å². The summed E-state index contributed by atoms with van der Waals surface area (Å²) in [4.78, 5) is 12.2. The Morgan fingerprint density at radius 3 is 2.71 bits per heavy atom. The monoisotopic (exact) mass is 353 g/mol. The average molecular weight is 354 g/mol. The minimum absolute atomic E-state index is 0.114. The van der Waals surface area contributed by atoms with Crippen LogP contribution in [-0.4, -0.2) is 19.6 Å². The van der Waals surface area contributed by atoms with Crippen LogP contribution in [0, 0.1) is 12.8 Å². The van der Waals surface area contributed by atoms with Gasteiger partial charge in [0.05, 0.1) is 17.6 Å². The summed E-state index contributed by atoms with van der Waals surface area (Å²) in [5, 5.41) is 11.7. The van der Waals surface area contributed by atoms with Crippen molar-refractivity contribution < 1.29 is 0 Å². The summed E-state index contributed by atoms with van der Waals surface area (Å²) in [6.07, 6.45) is 3.64. The number of hydrogen-bond acceptors (Lipinski definition) is 4. The van der Waals surface area contributed by atoms with Crippen molar-refractivity contribution in [2.45, 2.75) is 33.9 Å². The molecule has 2 rings (SSSR count). The third-order valence-electron chi connectivity index (χ3n) is 3.11. The Labute approximate surface area is 132 Å². The molecule has 114 valence electrons. The molecule has 6 nitrogen and oxygen atoms in total. The number of nitrogens with one attached hydrogen (secondary N) is 1. The molecule has 0 radical (unpaired) electrons. The van der Waals surface area contributed by atoms with Gasteiger partial charge in [0.2, 0.25) is 0 Å². The summed E-state index contributed by atoms with van der Waals surface area (Å²) in [6, 6.07) is 0. The molecule has 0 aromatic carbocycles. The molecule has 0 amide bonds. The molecule has 0 bridgehead atoms. The lowest BCUT2D eigenvalue weighted by atomic mass is 10.2. The molecular weight excluding hydrogens is 334 g/mol.